The fraction of sp³-hybridized carbons (Fsp3) is 0.462. The fourth-order valence-electron chi connectivity index (χ4n) is 1.94. The van der Waals surface area contributed by atoms with Crippen LogP contribution in [-0.4, -0.2) is 30.9 Å². The Morgan fingerprint density at radius 1 is 1.53 bits per heavy atom. The minimum atomic E-state index is 0.00111. The van der Waals surface area contributed by atoms with Crippen molar-refractivity contribution in [1.29, 1.82) is 5.41 Å². The molecule has 0 radical (unpaired) electrons. The van der Waals surface area contributed by atoms with Crippen LogP contribution in [0.2, 0.25) is 0 Å². The lowest BCUT2D eigenvalue weighted by Gasteiger charge is -2.26. The summed E-state index contributed by atoms with van der Waals surface area (Å²) in [5.74, 6) is 1.07. The molecule has 0 heterocycles. The Kier molecular flexibility index (Phi) is 4.97. The topological polar surface area (TPSA) is 62.3 Å². The van der Waals surface area contributed by atoms with Gasteiger partial charge in [0.25, 0.3) is 0 Å². The molecule has 1 rings (SSSR count). The van der Waals surface area contributed by atoms with Crippen LogP contribution in [0.5, 0.6) is 5.75 Å². The van der Waals surface area contributed by atoms with Gasteiger partial charge in [-0.15, -0.1) is 0 Å². The summed E-state index contributed by atoms with van der Waals surface area (Å²) in [4.78, 5) is 2.08. The average molecular weight is 235 g/mol. The first-order valence-corrected chi connectivity index (χ1v) is 5.75. The lowest BCUT2D eigenvalue weighted by molar-refractivity contribution is 0.280. The van der Waals surface area contributed by atoms with Crippen LogP contribution in [0.1, 0.15) is 18.9 Å². The van der Waals surface area contributed by atoms with Gasteiger partial charge in [0.2, 0.25) is 0 Å². The van der Waals surface area contributed by atoms with Crippen molar-refractivity contribution in [2.24, 2.45) is 5.73 Å². The van der Waals surface area contributed by atoms with Gasteiger partial charge >= 0.3 is 0 Å². The number of benzene rings is 1. The third-order valence-corrected chi connectivity index (χ3v) is 2.84. The van der Waals surface area contributed by atoms with Crippen molar-refractivity contribution in [2.45, 2.75) is 25.9 Å². The van der Waals surface area contributed by atoms with Crippen LogP contribution in [0.4, 0.5) is 0 Å². The lowest BCUT2D eigenvalue weighted by Crippen LogP contribution is -2.41. The summed E-state index contributed by atoms with van der Waals surface area (Å²) in [5.41, 5.74) is 6.73. The molecule has 0 bridgehead atoms. The van der Waals surface area contributed by atoms with Gasteiger partial charge in [0.1, 0.15) is 11.6 Å². The van der Waals surface area contributed by atoms with E-state index in [-0.39, 0.29) is 11.9 Å². The number of nitrogens with one attached hydrogen (secondary N) is 1. The van der Waals surface area contributed by atoms with Crippen LogP contribution in [0.25, 0.3) is 0 Å². The van der Waals surface area contributed by atoms with Gasteiger partial charge in [0.15, 0.2) is 0 Å². The molecule has 0 saturated heterocycles. The van der Waals surface area contributed by atoms with Crippen LogP contribution in [-0.2, 0) is 6.54 Å². The summed E-state index contributed by atoms with van der Waals surface area (Å²) in [6.45, 7) is 2.80. The van der Waals surface area contributed by atoms with Crippen molar-refractivity contribution in [1.82, 2.24) is 4.90 Å². The zero-order chi connectivity index (χ0) is 12.8. The third kappa shape index (κ3) is 3.75. The summed E-state index contributed by atoms with van der Waals surface area (Å²) in [7, 11) is 3.64. The highest BCUT2D eigenvalue weighted by Gasteiger charge is 2.15. The Morgan fingerprint density at radius 3 is 2.76 bits per heavy atom. The predicted octanol–water partition coefficient (Wildman–Crippen LogP) is 1.84. The maximum atomic E-state index is 7.54. The van der Waals surface area contributed by atoms with Crippen molar-refractivity contribution in [3.05, 3.63) is 29.8 Å². The largest absolute Gasteiger partial charge is 0.497 e. The first kappa shape index (κ1) is 13.5. The maximum Gasteiger partial charge on any atom is 0.119 e. The Morgan fingerprint density at radius 2 is 2.24 bits per heavy atom. The maximum absolute atomic E-state index is 7.54. The van der Waals surface area contributed by atoms with Crippen molar-refractivity contribution in [3.8, 4) is 5.75 Å². The van der Waals surface area contributed by atoms with E-state index in [0.29, 0.717) is 0 Å². The summed E-state index contributed by atoms with van der Waals surface area (Å²) < 4.78 is 5.19. The summed E-state index contributed by atoms with van der Waals surface area (Å²) in [5, 5.41) is 7.54. The molecule has 0 aromatic heterocycles. The van der Waals surface area contributed by atoms with Crippen LogP contribution >= 0.6 is 0 Å². The van der Waals surface area contributed by atoms with E-state index < -0.39 is 0 Å². The van der Waals surface area contributed by atoms with E-state index in [2.05, 4.69) is 4.90 Å². The van der Waals surface area contributed by atoms with Gasteiger partial charge in [0, 0.05) is 6.54 Å². The normalized spacial score (nSPS) is 12.5. The molecule has 4 nitrogen and oxygen atoms in total. The van der Waals surface area contributed by atoms with Gasteiger partial charge in [0.05, 0.1) is 13.2 Å². The van der Waals surface area contributed by atoms with Gasteiger partial charge in [-0.2, -0.15) is 0 Å². The average Bonchev–Trinajstić information content (AvgIpc) is 2.29. The second-order valence-electron chi connectivity index (χ2n) is 4.15. The minimum Gasteiger partial charge on any atom is -0.497 e. The molecule has 1 atom stereocenters. The summed E-state index contributed by atoms with van der Waals surface area (Å²) >= 11 is 0. The van der Waals surface area contributed by atoms with Gasteiger partial charge in [-0.1, -0.05) is 19.1 Å². The molecule has 1 aromatic carbocycles. The van der Waals surface area contributed by atoms with E-state index in [1.165, 1.54) is 0 Å². The number of hydrogen-bond acceptors (Lipinski definition) is 3. The predicted molar refractivity (Wildman–Crippen MR) is 70.5 cm³/mol. The lowest BCUT2D eigenvalue weighted by atomic mass is 10.1. The van der Waals surface area contributed by atoms with E-state index in [1.54, 1.807) is 7.11 Å². The fourth-order valence-corrected chi connectivity index (χ4v) is 1.94. The number of nitrogens with two attached hydrogens (primary N) is 1. The van der Waals surface area contributed by atoms with Crippen LogP contribution < -0.4 is 10.5 Å². The molecule has 0 aliphatic carbocycles. The Labute approximate surface area is 103 Å². The molecule has 4 heteroatoms. The van der Waals surface area contributed by atoms with Crippen LogP contribution in [0.3, 0.4) is 0 Å². The number of nitrogens with zero attached hydrogens (tertiary/aromatic N) is 1. The molecule has 1 unspecified atom stereocenters. The molecule has 94 valence electrons. The van der Waals surface area contributed by atoms with Gasteiger partial charge in [-0.3, -0.25) is 10.3 Å². The standard InChI is InChI=1S/C13H21N3O/c1-4-12(13(14)15)16(2)9-10-6-5-7-11(8-10)17-3/h5-8,12H,4,9H2,1-3H3,(H3,14,15). The number of amidine groups is 1. The Balaban J connectivity index is 2.72. The minimum absolute atomic E-state index is 0.00111. The SMILES string of the molecule is CCC(C(=N)N)N(C)Cc1cccc(OC)c1. The molecule has 0 saturated carbocycles. The van der Waals surface area contributed by atoms with E-state index in [9.17, 15) is 0 Å². The zero-order valence-corrected chi connectivity index (χ0v) is 10.7. The smallest absolute Gasteiger partial charge is 0.119 e. The number of rotatable bonds is 6. The summed E-state index contributed by atoms with van der Waals surface area (Å²) in [6, 6.07) is 7.94. The molecule has 3 N–H and O–H groups in total. The van der Waals surface area contributed by atoms with Crippen molar-refractivity contribution >= 4 is 5.84 Å². The number of hydrogen-bond donors (Lipinski definition) is 2. The van der Waals surface area contributed by atoms with Crippen LogP contribution in [0.15, 0.2) is 24.3 Å². The third-order valence-electron chi connectivity index (χ3n) is 2.84. The Hall–Kier alpha value is -1.55. The highest BCUT2D eigenvalue weighted by atomic mass is 16.5. The second kappa shape index (κ2) is 6.25. The number of methoxy groups -OCH3 is 1. The van der Waals surface area contributed by atoms with E-state index in [4.69, 9.17) is 15.9 Å². The molecule has 0 spiro atoms. The summed E-state index contributed by atoms with van der Waals surface area (Å²) in [6.07, 6.45) is 0.843. The van der Waals surface area contributed by atoms with Crippen molar-refractivity contribution in [3.63, 3.8) is 0 Å². The number of likely N-dealkylation sites (N-methyl/N-ethyl adjacent to an activating group) is 1. The molecular weight excluding hydrogens is 214 g/mol. The molecule has 0 aliphatic heterocycles. The van der Waals surface area contributed by atoms with Gasteiger partial charge < -0.3 is 10.5 Å². The number of ether oxygens (including phenoxy) is 1. The van der Waals surface area contributed by atoms with Crippen molar-refractivity contribution in [2.75, 3.05) is 14.2 Å². The molecule has 17 heavy (non-hydrogen) atoms. The molecule has 1 aromatic rings. The Bertz CT molecular complexity index is 379. The molecule has 0 aliphatic rings. The van der Waals surface area contributed by atoms with Crippen LogP contribution in [0, 0.1) is 5.41 Å². The van der Waals surface area contributed by atoms with Crippen molar-refractivity contribution < 1.29 is 4.74 Å². The van der Waals surface area contributed by atoms with E-state index in [0.717, 1.165) is 24.3 Å². The van der Waals surface area contributed by atoms with Gasteiger partial charge in [-0.05, 0) is 31.2 Å². The quantitative estimate of drug-likeness (QED) is 0.584. The zero-order valence-electron chi connectivity index (χ0n) is 10.7. The molecule has 0 fully saturated rings. The highest BCUT2D eigenvalue weighted by Crippen LogP contribution is 2.15. The molecule has 0 amide bonds. The van der Waals surface area contributed by atoms with Gasteiger partial charge in [-0.25, -0.2) is 0 Å². The first-order chi connectivity index (χ1) is 8.08. The second-order valence-corrected chi connectivity index (χ2v) is 4.15. The first-order valence-electron chi connectivity index (χ1n) is 5.75. The highest BCUT2D eigenvalue weighted by molar-refractivity contribution is 5.82. The van der Waals surface area contributed by atoms with E-state index >= 15 is 0 Å². The van der Waals surface area contributed by atoms with E-state index in [1.807, 2.05) is 38.2 Å². The molecular formula is C13H21N3O. The monoisotopic (exact) mass is 235 g/mol.